The topological polar surface area (TPSA) is 51.0 Å². The second kappa shape index (κ2) is 6.68. The molecule has 0 bridgehead atoms. The third-order valence-corrected chi connectivity index (χ3v) is 4.61. The minimum atomic E-state index is -4.35. The number of alkyl halides is 3. The van der Waals surface area contributed by atoms with Gasteiger partial charge in [-0.3, -0.25) is 9.48 Å². The van der Waals surface area contributed by atoms with E-state index in [-0.39, 0.29) is 5.91 Å². The summed E-state index contributed by atoms with van der Waals surface area (Å²) in [5, 5.41) is 4.51. The van der Waals surface area contributed by atoms with E-state index < -0.39 is 12.7 Å². The number of rotatable bonds is 3. The molecule has 0 radical (unpaired) electrons. The summed E-state index contributed by atoms with van der Waals surface area (Å²) in [4.78, 5) is 19.3. The van der Waals surface area contributed by atoms with Gasteiger partial charge in [-0.1, -0.05) is 18.2 Å². The molecule has 3 aromatic rings. The number of carbonyl (C=O) groups excluding carboxylic acids is 1. The van der Waals surface area contributed by atoms with Crippen LogP contribution in [0.3, 0.4) is 0 Å². The summed E-state index contributed by atoms with van der Waals surface area (Å²) in [6, 6.07) is 8.93. The van der Waals surface area contributed by atoms with Gasteiger partial charge in [0.1, 0.15) is 6.54 Å². The number of benzene rings is 1. The number of amides is 1. The Morgan fingerprint density at radius 2 is 1.89 bits per heavy atom. The van der Waals surface area contributed by atoms with Crippen LogP contribution in [-0.2, 0) is 6.54 Å². The predicted octanol–water partition coefficient (Wildman–Crippen LogP) is 3.90. The molecular formula is C19H17F3N4O. The maximum Gasteiger partial charge on any atom is 0.408 e. The van der Waals surface area contributed by atoms with Crippen molar-refractivity contribution >= 4 is 16.8 Å². The van der Waals surface area contributed by atoms with Crippen LogP contribution in [0.4, 0.5) is 13.2 Å². The van der Waals surface area contributed by atoms with Crippen molar-refractivity contribution in [3.8, 4) is 11.3 Å². The summed E-state index contributed by atoms with van der Waals surface area (Å²) in [6.45, 7) is 0.267. The molecule has 1 fully saturated rings. The van der Waals surface area contributed by atoms with E-state index >= 15 is 0 Å². The molecule has 1 saturated heterocycles. The van der Waals surface area contributed by atoms with Crippen molar-refractivity contribution in [2.45, 2.75) is 25.6 Å². The van der Waals surface area contributed by atoms with Crippen LogP contribution in [0, 0.1) is 0 Å². The number of aromatic nitrogens is 3. The highest BCUT2D eigenvalue weighted by Gasteiger charge is 2.28. The zero-order chi connectivity index (χ0) is 19.0. The molecule has 4 rings (SSSR count). The first-order valence-electron chi connectivity index (χ1n) is 8.69. The standard InChI is InChI=1S/C19H17F3N4O/c20-19(21,22)12-26-11-13(10-23-26)17-9-15(18(27)25-7-3-4-8-25)14-5-1-2-6-16(14)24-17/h1-2,5-6,9-11H,3-4,7-8,12H2. The Morgan fingerprint density at radius 1 is 1.15 bits per heavy atom. The maximum atomic E-state index is 13.0. The number of hydrogen-bond acceptors (Lipinski definition) is 3. The van der Waals surface area contributed by atoms with Crippen LogP contribution in [-0.4, -0.2) is 44.8 Å². The molecule has 0 aliphatic carbocycles. The van der Waals surface area contributed by atoms with Gasteiger partial charge in [0.15, 0.2) is 0 Å². The third kappa shape index (κ3) is 3.65. The summed E-state index contributed by atoms with van der Waals surface area (Å²) in [5.74, 6) is -0.0740. The molecule has 2 aromatic heterocycles. The fraction of sp³-hybridized carbons (Fsp3) is 0.316. The van der Waals surface area contributed by atoms with E-state index in [9.17, 15) is 18.0 Å². The van der Waals surface area contributed by atoms with E-state index in [0.29, 0.717) is 35.4 Å². The maximum absolute atomic E-state index is 13.0. The summed E-state index contributed by atoms with van der Waals surface area (Å²) in [6.07, 6.45) is 0.246. The van der Waals surface area contributed by atoms with E-state index in [4.69, 9.17) is 0 Å². The Balaban J connectivity index is 1.77. The fourth-order valence-corrected chi connectivity index (χ4v) is 3.36. The van der Waals surface area contributed by atoms with E-state index in [1.165, 1.54) is 12.4 Å². The Labute approximate surface area is 153 Å². The monoisotopic (exact) mass is 374 g/mol. The van der Waals surface area contributed by atoms with Gasteiger partial charge < -0.3 is 4.90 Å². The van der Waals surface area contributed by atoms with Gasteiger partial charge in [-0.05, 0) is 25.0 Å². The number of nitrogens with zero attached hydrogens (tertiary/aromatic N) is 4. The Hall–Kier alpha value is -2.90. The summed E-state index contributed by atoms with van der Waals surface area (Å²) >= 11 is 0. The van der Waals surface area contributed by atoms with E-state index in [1.54, 1.807) is 17.0 Å². The van der Waals surface area contributed by atoms with E-state index in [2.05, 4.69) is 10.1 Å². The van der Waals surface area contributed by atoms with Gasteiger partial charge in [-0.15, -0.1) is 0 Å². The Bertz CT molecular complexity index is 990. The Kier molecular flexibility index (Phi) is 4.33. The Morgan fingerprint density at radius 3 is 2.63 bits per heavy atom. The number of fused-ring (bicyclic) bond motifs is 1. The lowest BCUT2D eigenvalue weighted by Gasteiger charge is -2.17. The van der Waals surface area contributed by atoms with Gasteiger partial charge in [0, 0.05) is 30.2 Å². The van der Waals surface area contributed by atoms with Crippen LogP contribution >= 0.6 is 0 Å². The van der Waals surface area contributed by atoms with Crippen LogP contribution in [0.25, 0.3) is 22.2 Å². The van der Waals surface area contributed by atoms with Crippen molar-refractivity contribution in [3.63, 3.8) is 0 Å². The molecule has 0 unspecified atom stereocenters. The first kappa shape index (κ1) is 17.5. The highest BCUT2D eigenvalue weighted by molar-refractivity contribution is 6.07. The molecule has 0 N–H and O–H groups in total. The largest absolute Gasteiger partial charge is 0.408 e. The van der Waals surface area contributed by atoms with Crippen LogP contribution < -0.4 is 0 Å². The zero-order valence-corrected chi connectivity index (χ0v) is 14.4. The molecule has 1 amide bonds. The third-order valence-electron chi connectivity index (χ3n) is 4.61. The molecular weight excluding hydrogens is 357 g/mol. The molecule has 140 valence electrons. The van der Waals surface area contributed by atoms with E-state index in [1.807, 2.05) is 18.2 Å². The van der Waals surface area contributed by atoms with Crippen molar-refractivity contribution in [2.24, 2.45) is 0 Å². The van der Waals surface area contributed by atoms with Gasteiger partial charge in [0.05, 0.1) is 23.0 Å². The van der Waals surface area contributed by atoms with Crippen LogP contribution in [0.1, 0.15) is 23.2 Å². The number of halogens is 3. The highest BCUT2D eigenvalue weighted by Crippen LogP contribution is 2.27. The first-order valence-corrected chi connectivity index (χ1v) is 8.69. The van der Waals surface area contributed by atoms with Gasteiger partial charge >= 0.3 is 6.18 Å². The number of likely N-dealkylation sites (tertiary alicyclic amines) is 1. The van der Waals surface area contributed by atoms with Crippen molar-refractivity contribution in [1.82, 2.24) is 19.7 Å². The minimum Gasteiger partial charge on any atom is -0.339 e. The molecule has 1 aromatic carbocycles. The second-order valence-electron chi connectivity index (χ2n) is 6.61. The summed E-state index contributed by atoms with van der Waals surface area (Å²) in [5.41, 5.74) is 2.02. The molecule has 0 spiro atoms. The minimum absolute atomic E-state index is 0.0740. The van der Waals surface area contributed by atoms with Crippen molar-refractivity contribution < 1.29 is 18.0 Å². The molecule has 0 saturated carbocycles. The summed E-state index contributed by atoms with van der Waals surface area (Å²) < 4.78 is 38.6. The number of carbonyl (C=O) groups is 1. The van der Waals surface area contributed by atoms with Crippen LogP contribution in [0.15, 0.2) is 42.7 Å². The van der Waals surface area contributed by atoms with Gasteiger partial charge in [-0.25, -0.2) is 4.98 Å². The molecule has 8 heteroatoms. The van der Waals surface area contributed by atoms with Gasteiger partial charge in [0.2, 0.25) is 0 Å². The molecule has 1 aliphatic heterocycles. The normalized spacial score (nSPS) is 14.9. The van der Waals surface area contributed by atoms with Gasteiger partial charge in [0.25, 0.3) is 5.91 Å². The molecule has 1 aliphatic rings. The second-order valence-corrected chi connectivity index (χ2v) is 6.61. The SMILES string of the molecule is O=C(c1cc(-c2cnn(CC(F)(F)F)c2)nc2ccccc12)N1CCCC1. The van der Waals surface area contributed by atoms with Gasteiger partial charge in [-0.2, -0.15) is 18.3 Å². The van der Waals surface area contributed by atoms with E-state index in [0.717, 1.165) is 22.9 Å². The molecule has 27 heavy (non-hydrogen) atoms. The first-order chi connectivity index (χ1) is 12.9. The molecule has 5 nitrogen and oxygen atoms in total. The lowest BCUT2D eigenvalue weighted by Crippen LogP contribution is -2.27. The average molecular weight is 374 g/mol. The highest BCUT2D eigenvalue weighted by atomic mass is 19.4. The van der Waals surface area contributed by atoms with Crippen molar-refractivity contribution in [3.05, 3.63) is 48.3 Å². The average Bonchev–Trinajstić information content (AvgIpc) is 3.31. The van der Waals surface area contributed by atoms with Crippen molar-refractivity contribution in [2.75, 3.05) is 13.1 Å². The lowest BCUT2D eigenvalue weighted by atomic mass is 10.0. The van der Waals surface area contributed by atoms with Crippen LogP contribution in [0.5, 0.6) is 0 Å². The zero-order valence-electron chi connectivity index (χ0n) is 14.4. The van der Waals surface area contributed by atoms with Crippen molar-refractivity contribution in [1.29, 1.82) is 0 Å². The number of pyridine rings is 1. The smallest absolute Gasteiger partial charge is 0.339 e. The summed E-state index contributed by atoms with van der Waals surface area (Å²) in [7, 11) is 0. The number of hydrogen-bond donors (Lipinski definition) is 0. The van der Waals surface area contributed by atoms with Crippen LogP contribution in [0.2, 0.25) is 0 Å². The quantitative estimate of drug-likeness (QED) is 0.699. The molecule has 3 heterocycles. The number of para-hydroxylation sites is 1. The lowest BCUT2D eigenvalue weighted by molar-refractivity contribution is -0.142. The predicted molar refractivity (Wildman–Crippen MR) is 94.2 cm³/mol. The fourth-order valence-electron chi connectivity index (χ4n) is 3.36. The molecule has 0 atom stereocenters.